The smallest absolute Gasteiger partial charge is 0.225 e. The quantitative estimate of drug-likeness (QED) is 0.816. The Balaban J connectivity index is 1.93. The number of rotatable bonds is 4. The number of halogens is 1. The molecule has 0 saturated heterocycles. The van der Waals surface area contributed by atoms with Crippen molar-refractivity contribution in [2.24, 2.45) is 0 Å². The van der Waals surface area contributed by atoms with E-state index in [-0.39, 0.29) is 6.61 Å². The van der Waals surface area contributed by atoms with Crippen LogP contribution >= 0.6 is 0 Å². The van der Waals surface area contributed by atoms with E-state index in [9.17, 15) is 4.39 Å². The summed E-state index contributed by atoms with van der Waals surface area (Å²) in [4.78, 5) is 0. The molecule has 2 aromatic rings. The normalized spacial score (nSPS) is 11.8. The highest BCUT2D eigenvalue weighted by molar-refractivity contribution is 5.31. The molecule has 18 heavy (non-hydrogen) atoms. The lowest BCUT2D eigenvalue weighted by Crippen LogP contribution is -1.98. The summed E-state index contributed by atoms with van der Waals surface area (Å²) in [7, 11) is 0. The zero-order valence-electron chi connectivity index (χ0n) is 9.71. The molecule has 0 amide bonds. The third-order valence-corrected chi connectivity index (χ3v) is 2.54. The molecule has 0 aromatic heterocycles. The Bertz CT molecular complexity index is 531. The first-order valence-electron chi connectivity index (χ1n) is 5.59. The van der Waals surface area contributed by atoms with Crippen LogP contribution in [0.1, 0.15) is 23.0 Å². The van der Waals surface area contributed by atoms with Crippen molar-refractivity contribution in [3.8, 4) is 6.07 Å². The third kappa shape index (κ3) is 3.16. The van der Waals surface area contributed by atoms with E-state index in [1.165, 1.54) is 0 Å². The van der Waals surface area contributed by atoms with Crippen LogP contribution in [0.15, 0.2) is 54.6 Å². The molecule has 1 atom stereocenters. The van der Waals surface area contributed by atoms with Gasteiger partial charge in [-0.1, -0.05) is 42.5 Å². The molecule has 0 radical (unpaired) electrons. The Kier molecular flexibility index (Phi) is 4.06. The minimum absolute atomic E-state index is 0.182. The first kappa shape index (κ1) is 12.3. The van der Waals surface area contributed by atoms with Crippen molar-refractivity contribution in [3.63, 3.8) is 0 Å². The minimum atomic E-state index is -1.43. The van der Waals surface area contributed by atoms with Crippen molar-refractivity contribution in [2.75, 3.05) is 0 Å². The van der Waals surface area contributed by atoms with Crippen LogP contribution < -0.4 is 0 Å². The fourth-order valence-electron chi connectivity index (χ4n) is 1.55. The first-order valence-corrected chi connectivity index (χ1v) is 5.59. The lowest BCUT2D eigenvalue weighted by Gasteiger charge is -2.10. The Labute approximate surface area is 105 Å². The number of hydrogen-bond donors (Lipinski definition) is 0. The number of nitrogens with zero attached hydrogens (tertiary/aromatic N) is 1. The summed E-state index contributed by atoms with van der Waals surface area (Å²) in [5, 5.41) is 8.65. The van der Waals surface area contributed by atoms with Gasteiger partial charge in [0.2, 0.25) is 6.36 Å². The molecule has 0 aliphatic rings. The second kappa shape index (κ2) is 5.95. The van der Waals surface area contributed by atoms with Crippen LogP contribution in [0.25, 0.3) is 0 Å². The van der Waals surface area contributed by atoms with Crippen molar-refractivity contribution >= 4 is 0 Å². The molecule has 1 unspecified atom stereocenters. The molecule has 0 fully saturated rings. The molecule has 2 rings (SSSR count). The molecule has 0 spiro atoms. The Morgan fingerprint density at radius 3 is 2.33 bits per heavy atom. The Morgan fingerprint density at radius 2 is 1.72 bits per heavy atom. The van der Waals surface area contributed by atoms with E-state index in [1.807, 2.05) is 12.1 Å². The zero-order chi connectivity index (χ0) is 12.8. The molecule has 0 aliphatic carbocycles. The highest BCUT2D eigenvalue weighted by atomic mass is 19.1. The van der Waals surface area contributed by atoms with E-state index < -0.39 is 6.36 Å². The molecule has 0 bridgehead atoms. The molecule has 0 saturated carbocycles. The summed E-state index contributed by atoms with van der Waals surface area (Å²) < 4.78 is 18.8. The van der Waals surface area contributed by atoms with E-state index in [1.54, 1.807) is 48.5 Å². The van der Waals surface area contributed by atoms with Crippen LogP contribution in [0.3, 0.4) is 0 Å². The summed E-state index contributed by atoms with van der Waals surface area (Å²) >= 11 is 0. The zero-order valence-corrected chi connectivity index (χ0v) is 9.71. The summed E-state index contributed by atoms with van der Waals surface area (Å²) in [5.41, 5.74) is 1.93. The van der Waals surface area contributed by atoms with Gasteiger partial charge in [-0.3, -0.25) is 0 Å². The van der Waals surface area contributed by atoms with E-state index in [2.05, 4.69) is 0 Å². The molecule has 3 heteroatoms. The maximum atomic E-state index is 13.7. The first-order chi connectivity index (χ1) is 8.79. The average molecular weight is 241 g/mol. The van der Waals surface area contributed by atoms with Crippen molar-refractivity contribution in [3.05, 3.63) is 71.3 Å². The molecule has 2 aromatic carbocycles. The number of alkyl halides is 1. The summed E-state index contributed by atoms with van der Waals surface area (Å²) in [5.74, 6) is 0. The van der Waals surface area contributed by atoms with Crippen LogP contribution in [0.2, 0.25) is 0 Å². The summed E-state index contributed by atoms with van der Waals surface area (Å²) in [6.07, 6.45) is -1.43. The fraction of sp³-hybridized carbons (Fsp3) is 0.133. The van der Waals surface area contributed by atoms with Gasteiger partial charge in [-0.25, -0.2) is 4.39 Å². The van der Waals surface area contributed by atoms with Crippen LogP contribution in [0.5, 0.6) is 0 Å². The van der Waals surface area contributed by atoms with E-state index in [4.69, 9.17) is 10.00 Å². The number of hydrogen-bond acceptors (Lipinski definition) is 2. The predicted octanol–water partition coefficient (Wildman–Crippen LogP) is 3.74. The maximum Gasteiger partial charge on any atom is 0.225 e. The van der Waals surface area contributed by atoms with Gasteiger partial charge < -0.3 is 4.74 Å². The fourth-order valence-corrected chi connectivity index (χ4v) is 1.55. The maximum absolute atomic E-state index is 13.7. The Hall–Kier alpha value is -2.18. The van der Waals surface area contributed by atoms with Gasteiger partial charge >= 0.3 is 0 Å². The highest BCUT2D eigenvalue weighted by Crippen LogP contribution is 2.20. The molecular formula is C15H12FNO. The van der Waals surface area contributed by atoms with Crippen LogP contribution in [-0.2, 0) is 11.3 Å². The number of ether oxygens (including phenoxy) is 1. The third-order valence-electron chi connectivity index (χ3n) is 2.54. The van der Waals surface area contributed by atoms with Gasteiger partial charge in [-0.05, 0) is 17.7 Å². The predicted molar refractivity (Wildman–Crippen MR) is 66.2 cm³/mol. The van der Waals surface area contributed by atoms with E-state index >= 15 is 0 Å². The van der Waals surface area contributed by atoms with E-state index in [0.717, 1.165) is 5.56 Å². The SMILES string of the molecule is N#Cc1ccc(COC(F)c2ccccc2)cc1. The molecular weight excluding hydrogens is 229 g/mol. The lowest BCUT2D eigenvalue weighted by molar-refractivity contribution is -0.0516. The van der Waals surface area contributed by atoms with Crippen LogP contribution in [0, 0.1) is 11.3 Å². The van der Waals surface area contributed by atoms with Crippen molar-refractivity contribution in [2.45, 2.75) is 13.0 Å². The number of benzene rings is 2. The molecule has 0 heterocycles. The summed E-state index contributed by atoms with van der Waals surface area (Å²) in [6, 6.07) is 17.7. The Morgan fingerprint density at radius 1 is 1.06 bits per heavy atom. The second-order valence-corrected chi connectivity index (χ2v) is 3.85. The minimum Gasteiger partial charge on any atom is -0.340 e. The van der Waals surface area contributed by atoms with Gasteiger partial charge in [0.15, 0.2) is 0 Å². The standard InChI is InChI=1S/C15H12FNO/c16-15(14-4-2-1-3-5-14)18-11-13-8-6-12(10-17)7-9-13/h1-9,15H,11H2. The van der Waals surface area contributed by atoms with Crippen molar-refractivity contribution in [1.29, 1.82) is 5.26 Å². The van der Waals surface area contributed by atoms with Gasteiger partial charge in [0, 0.05) is 5.56 Å². The molecule has 0 N–H and O–H groups in total. The monoisotopic (exact) mass is 241 g/mol. The van der Waals surface area contributed by atoms with Gasteiger partial charge in [0.05, 0.1) is 18.2 Å². The van der Waals surface area contributed by atoms with Crippen molar-refractivity contribution < 1.29 is 9.13 Å². The number of nitriles is 1. The van der Waals surface area contributed by atoms with Gasteiger partial charge in [-0.15, -0.1) is 0 Å². The lowest BCUT2D eigenvalue weighted by atomic mass is 10.1. The topological polar surface area (TPSA) is 33.0 Å². The van der Waals surface area contributed by atoms with Crippen LogP contribution in [0.4, 0.5) is 4.39 Å². The average Bonchev–Trinajstić information content (AvgIpc) is 2.46. The molecule has 2 nitrogen and oxygen atoms in total. The molecule has 90 valence electrons. The van der Waals surface area contributed by atoms with Gasteiger partial charge in [0.1, 0.15) is 0 Å². The molecule has 0 aliphatic heterocycles. The largest absolute Gasteiger partial charge is 0.340 e. The summed E-state index contributed by atoms with van der Waals surface area (Å²) in [6.45, 7) is 0.182. The van der Waals surface area contributed by atoms with E-state index in [0.29, 0.717) is 11.1 Å². The second-order valence-electron chi connectivity index (χ2n) is 3.85. The van der Waals surface area contributed by atoms with Crippen molar-refractivity contribution in [1.82, 2.24) is 0 Å². The van der Waals surface area contributed by atoms with Crippen LogP contribution in [-0.4, -0.2) is 0 Å². The highest BCUT2D eigenvalue weighted by Gasteiger charge is 2.09. The van der Waals surface area contributed by atoms with Gasteiger partial charge in [-0.2, -0.15) is 5.26 Å². The van der Waals surface area contributed by atoms with Gasteiger partial charge in [0.25, 0.3) is 0 Å².